The Balaban J connectivity index is 2.04. The van der Waals surface area contributed by atoms with Gasteiger partial charge in [0, 0.05) is 13.0 Å². The van der Waals surface area contributed by atoms with Gasteiger partial charge >= 0.3 is 0 Å². The molecule has 0 atom stereocenters. The summed E-state index contributed by atoms with van der Waals surface area (Å²) in [7, 11) is 1.98. The largest absolute Gasteiger partial charge is 0.493 e. The molecule has 0 aliphatic carbocycles. The van der Waals surface area contributed by atoms with Gasteiger partial charge in [-0.15, -0.1) is 0 Å². The van der Waals surface area contributed by atoms with E-state index in [-0.39, 0.29) is 0 Å². The molecule has 1 heterocycles. The summed E-state index contributed by atoms with van der Waals surface area (Å²) in [4.78, 5) is 0. The fourth-order valence-electron chi connectivity index (χ4n) is 2.50. The zero-order valence-corrected chi connectivity index (χ0v) is 10.6. The van der Waals surface area contributed by atoms with Gasteiger partial charge in [-0.1, -0.05) is 30.3 Å². The van der Waals surface area contributed by atoms with Gasteiger partial charge in [-0.2, -0.15) is 0 Å². The van der Waals surface area contributed by atoms with Crippen LogP contribution in [0.3, 0.4) is 0 Å². The fourth-order valence-corrected chi connectivity index (χ4v) is 2.50. The van der Waals surface area contributed by atoms with E-state index >= 15 is 0 Å². The lowest BCUT2D eigenvalue weighted by molar-refractivity contribution is 0.357. The van der Waals surface area contributed by atoms with E-state index < -0.39 is 0 Å². The molecule has 0 amide bonds. The van der Waals surface area contributed by atoms with Crippen LogP contribution in [0.25, 0.3) is 11.1 Å². The van der Waals surface area contributed by atoms with Crippen LogP contribution < -0.4 is 10.1 Å². The molecular formula is C16H17NO. The molecule has 2 nitrogen and oxygen atoms in total. The summed E-state index contributed by atoms with van der Waals surface area (Å²) in [6, 6.07) is 15.0. The molecule has 1 N–H and O–H groups in total. The minimum atomic E-state index is 0.816. The molecule has 2 heteroatoms. The van der Waals surface area contributed by atoms with Gasteiger partial charge in [-0.05, 0) is 41.4 Å². The third-order valence-corrected chi connectivity index (χ3v) is 3.39. The Morgan fingerprint density at radius 2 is 2.06 bits per heavy atom. The van der Waals surface area contributed by atoms with Crippen molar-refractivity contribution < 1.29 is 4.74 Å². The van der Waals surface area contributed by atoms with Gasteiger partial charge in [0.05, 0.1) is 6.61 Å². The smallest absolute Gasteiger partial charge is 0.122 e. The van der Waals surface area contributed by atoms with Gasteiger partial charge in [-0.25, -0.2) is 0 Å². The van der Waals surface area contributed by atoms with Crippen LogP contribution in [0.4, 0.5) is 0 Å². The minimum Gasteiger partial charge on any atom is -0.493 e. The second-order valence-electron chi connectivity index (χ2n) is 4.61. The minimum absolute atomic E-state index is 0.816. The average Bonchev–Trinajstić information content (AvgIpc) is 2.87. The Kier molecular flexibility index (Phi) is 3.03. The first-order chi connectivity index (χ1) is 8.88. The van der Waals surface area contributed by atoms with Crippen molar-refractivity contribution in [1.29, 1.82) is 0 Å². The maximum absolute atomic E-state index is 5.55. The summed E-state index contributed by atoms with van der Waals surface area (Å²) >= 11 is 0. The molecule has 1 aliphatic rings. The quantitative estimate of drug-likeness (QED) is 0.889. The van der Waals surface area contributed by atoms with Crippen LogP contribution in [0.2, 0.25) is 0 Å². The molecule has 2 aromatic carbocycles. The van der Waals surface area contributed by atoms with Gasteiger partial charge in [0.2, 0.25) is 0 Å². The Morgan fingerprint density at radius 1 is 1.17 bits per heavy atom. The van der Waals surface area contributed by atoms with E-state index in [4.69, 9.17) is 4.74 Å². The number of nitrogens with one attached hydrogen (secondary N) is 1. The predicted octanol–water partition coefficient (Wildman–Crippen LogP) is 3.01. The molecular weight excluding hydrogens is 222 g/mol. The molecule has 0 saturated carbocycles. The van der Waals surface area contributed by atoms with Crippen LogP contribution in [0, 0.1) is 0 Å². The highest BCUT2D eigenvalue weighted by atomic mass is 16.5. The first-order valence-electron chi connectivity index (χ1n) is 6.37. The lowest BCUT2D eigenvalue weighted by Crippen LogP contribution is -2.06. The standard InChI is InChI=1S/C16H17NO/c1-17-11-14-4-2-3-5-15(14)12-6-7-16-13(10-12)8-9-18-16/h2-7,10,17H,8-9,11H2,1H3. The van der Waals surface area contributed by atoms with E-state index in [1.807, 2.05) is 7.05 Å². The van der Waals surface area contributed by atoms with Crippen molar-refractivity contribution >= 4 is 0 Å². The monoisotopic (exact) mass is 239 g/mol. The molecule has 0 spiro atoms. The van der Waals surface area contributed by atoms with E-state index in [0.29, 0.717) is 0 Å². The van der Waals surface area contributed by atoms with E-state index in [1.165, 1.54) is 22.3 Å². The summed E-state index contributed by atoms with van der Waals surface area (Å²) in [6.45, 7) is 1.71. The van der Waals surface area contributed by atoms with Crippen molar-refractivity contribution in [3.8, 4) is 16.9 Å². The van der Waals surface area contributed by atoms with Gasteiger partial charge < -0.3 is 10.1 Å². The second-order valence-corrected chi connectivity index (χ2v) is 4.61. The maximum atomic E-state index is 5.55. The summed E-state index contributed by atoms with van der Waals surface area (Å²) in [5, 5.41) is 3.22. The lowest BCUT2D eigenvalue weighted by Gasteiger charge is -2.10. The summed E-state index contributed by atoms with van der Waals surface area (Å²) in [5.41, 5.74) is 5.25. The Labute approximate surface area is 108 Å². The lowest BCUT2D eigenvalue weighted by atomic mass is 9.97. The fraction of sp³-hybridized carbons (Fsp3) is 0.250. The molecule has 0 radical (unpaired) electrons. The van der Waals surface area contributed by atoms with E-state index in [1.54, 1.807) is 0 Å². The topological polar surface area (TPSA) is 21.3 Å². The maximum Gasteiger partial charge on any atom is 0.122 e. The van der Waals surface area contributed by atoms with Crippen molar-refractivity contribution in [3.05, 3.63) is 53.6 Å². The van der Waals surface area contributed by atoms with Crippen molar-refractivity contribution in [2.75, 3.05) is 13.7 Å². The molecule has 0 unspecified atom stereocenters. The third kappa shape index (κ3) is 2.00. The summed E-state index contributed by atoms with van der Waals surface area (Å²) in [5.74, 6) is 1.05. The highest BCUT2D eigenvalue weighted by Crippen LogP contribution is 2.31. The van der Waals surface area contributed by atoms with Crippen molar-refractivity contribution in [2.24, 2.45) is 0 Å². The van der Waals surface area contributed by atoms with Crippen LogP contribution >= 0.6 is 0 Å². The highest BCUT2D eigenvalue weighted by Gasteiger charge is 2.13. The van der Waals surface area contributed by atoms with Crippen LogP contribution in [0.1, 0.15) is 11.1 Å². The Bertz CT molecular complexity index is 563. The first-order valence-corrected chi connectivity index (χ1v) is 6.37. The van der Waals surface area contributed by atoms with Gasteiger partial charge in [0.25, 0.3) is 0 Å². The number of ether oxygens (including phenoxy) is 1. The SMILES string of the molecule is CNCc1ccccc1-c1ccc2c(c1)CCO2. The summed E-state index contributed by atoms with van der Waals surface area (Å²) < 4.78 is 5.55. The molecule has 92 valence electrons. The zero-order chi connectivity index (χ0) is 12.4. The molecule has 0 bridgehead atoms. The van der Waals surface area contributed by atoms with E-state index in [9.17, 15) is 0 Å². The van der Waals surface area contributed by atoms with Crippen LogP contribution in [-0.2, 0) is 13.0 Å². The molecule has 18 heavy (non-hydrogen) atoms. The number of rotatable bonds is 3. The summed E-state index contributed by atoms with van der Waals surface area (Å²) in [6.07, 6.45) is 1.03. The number of hydrogen-bond donors (Lipinski definition) is 1. The van der Waals surface area contributed by atoms with Gasteiger partial charge in [0.15, 0.2) is 0 Å². The molecule has 1 aliphatic heterocycles. The predicted molar refractivity (Wildman–Crippen MR) is 73.8 cm³/mol. The molecule has 0 fully saturated rings. The van der Waals surface area contributed by atoms with Crippen molar-refractivity contribution in [3.63, 3.8) is 0 Å². The van der Waals surface area contributed by atoms with Gasteiger partial charge in [-0.3, -0.25) is 0 Å². The van der Waals surface area contributed by atoms with E-state index in [0.717, 1.165) is 25.3 Å². The second kappa shape index (κ2) is 4.83. The van der Waals surface area contributed by atoms with Crippen LogP contribution in [-0.4, -0.2) is 13.7 Å². The Hall–Kier alpha value is -1.80. The zero-order valence-electron chi connectivity index (χ0n) is 10.6. The number of fused-ring (bicyclic) bond motifs is 1. The van der Waals surface area contributed by atoms with Crippen molar-refractivity contribution in [1.82, 2.24) is 5.32 Å². The molecule has 0 aromatic heterocycles. The number of benzene rings is 2. The molecule has 3 rings (SSSR count). The van der Waals surface area contributed by atoms with Crippen molar-refractivity contribution in [2.45, 2.75) is 13.0 Å². The number of hydrogen-bond acceptors (Lipinski definition) is 2. The highest BCUT2D eigenvalue weighted by molar-refractivity contribution is 5.69. The third-order valence-electron chi connectivity index (χ3n) is 3.39. The van der Waals surface area contributed by atoms with E-state index in [2.05, 4.69) is 47.8 Å². The van der Waals surface area contributed by atoms with Crippen LogP contribution in [0.15, 0.2) is 42.5 Å². The Morgan fingerprint density at radius 3 is 2.94 bits per heavy atom. The first kappa shape index (κ1) is 11.3. The molecule has 2 aromatic rings. The molecule has 0 saturated heterocycles. The van der Waals surface area contributed by atoms with Gasteiger partial charge in [0.1, 0.15) is 5.75 Å². The van der Waals surface area contributed by atoms with Crippen LogP contribution in [0.5, 0.6) is 5.75 Å². The average molecular weight is 239 g/mol. The normalized spacial score (nSPS) is 13.2.